The maximum atomic E-state index is 12.4. The summed E-state index contributed by atoms with van der Waals surface area (Å²) in [5.74, 6) is 2.00. The van der Waals surface area contributed by atoms with Gasteiger partial charge in [0.25, 0.3) is 0 Å². The maximum Gasteiger partial charge on any atom is 0.185 e. The van der Waals surface area contributed by atoms with Crippen LogP contribution in [0.15, 0.2) is 67.8 Å². The van der Waals surface area contributed by atoms with Crippen LogP contribution >= 0.6 is 0 Å². The molecule has 0 radical (unpaired) electrons. The number of allylic oxidation sites excluding steroid dienone is 2. The predicted molar refractivity (Wildman–Crippen MR) is 109 cm³/mol. The van der Waals surface area contributed by atoms with Gasteiger partial charge in [0.15, 0.2) is 5.78 Å². The van der Waals surface area contributed by atoms with Crippen LogP contribution < -0.4 is 14.2 Å². The normalized spacial score (nSPS) is 10.4. The van der Waals surface area contributed by atoms with Gasteiger partial charge in [-0.05, 0) is 54.5 Å². The molecule has 0 aromatic heterocycles. The number of methoxy groups -OCH3 is 2. The van der Waals surface area contributed by atoms with E-state index in [0.717, 1.165) is 11.1 Å². The molecule has 0 spiro atoms. The summed E-state index contributed by atoms with van der Waals surface area (Å²) in [6, 6.07) is 10.7. The van der Waals surface area contributed by atoms with E-state index in [2.05, 4.69) is 13.2 Å². The molecule has 0 aliphatic heterocycles. The zero-order valence-electron chi connectivity index (χ0n) is 15.7. The summed E-state index contributed by atoms with van der Waals surface area (Å²) in [5, 5.41) is 0. The molecule has 0 fully saturated rings. The minimum atomic E-state index is -0.0987. The number of carbonyl (C=O) groups excluding carboxylic acids is 1. The van der Waals surface area contributed by atoms with Gasteiger partial charge in [-0.1, -0.05) is 24.8 Å². The fourth-order valence-electron chi connectivity index (χ4n) is 2.58. The van der Waals surface area contributed by atoms with Gasteiger partial charge in [-0.15, -0.1) is 6.58 Å². The molecular formula is C23H24O4. The number of benzene rings is 2. The molecule has 27 heavy (non-hydrogen) atoms. The van der Waals surface area contributed by atoms with Crippen molar-refractivity contribution in [2.24, 2.45) is 0 Å². The molecule has 0 bridgehead atoms. The Labute approximate surface area is 160 Å². The van der Waals surface area contributed by atoms with E-state index in [9.17, 15) is 4.79 Å². The molecule has 4 nitrogen and oxygen atoms in total. The highest BCUT2D eigenvalue weighted by Crippen LogP contribution is 2.31. The zero-order valence-corrected chi connectivity index (χ0v) is 15.7. The summed E-state index contributed by atoms with van der Waals surface area (Å²) >= 11 is 0. The zero-order chi connectivity index (χ0) is 19.6. The third-order valence-corrected chi connectivity index (χ3v) is 3.91. The highest BCUT2D eigenvalue weighted by atomic mass is 16.5. The summed E-state index contributed by atoms with van der Waals surface area (Å²) < 4.78 is 16.3. The summed E-state index contributed by atoms with van der Waals surface area (Å²) in [5.41, 5.74) is 2.32. The summed E-state index contributed by atoms with van der Waals surface area (Å²) in [4.78, 5) is 12.4. The highest BCUT2D eigenvalue weighted by Gasteiger charge is 2.11. The Morgan fingerprint density at radius 1 is 1.00 bits per heavy atom. The van der Waals surface area contributed by atoms with Crippen LogP contribution in [-0.4, -0.2) is 26.6 Å². The summed E-state index contributed by atoms with van der Waals surface area (Å²) in [6.07, 6.45) is 7.37. The number of hydrogen-bond donors (Lipinski definition) is 0. The second-order valence-corrected chi connectivity index (χ2v) is 5.72. The summed E-state index contributed by atoms with van der Waals surface area (Å²) in [7, 11) is 3.21. The lowest BCUT2D eigenvalue weighted by Crippen LogP contribution is -1.98. The van der Waals surface area contributed by atoms with Crippen LogP contribution in [0, 0.1) is 0 Å². The first-order valence-electron chi connectivity index (χ1n) is 8.54. The van der Waals surface area contributed by atoms with E-state index in [1.165, 1.54) is 6.08 Å². The van der Waals surface area contributed by atoms with E-state index < -0.39 is 0 Å². The average Bonchev–Trinajstić information content (AvgIpc) is 2.71. The molecule has 0 saturated heterocycles. The number of ether oxygens (including phenoxy) is 3. The fourth-order valence-corrected chi connectivity index (χ4v) is 2.58. The Morgan fingerprint density at radius 3 is 2.15 bits per heavy atom. The monoisotopic (exact) mass is 364 g/mol. The van der Waals surface area contributed by atoms with Gasteiger partial charge in [0, 0.05) is 11.1 Å². The van der Waals surface area contributed by atoms with E-state index in [-0.39, 0.29) is 5.78 Å². The average molecular weight is 364 g/mol. The van der Waals surface area contributed by atoms with Crippen LogP contribution in [-0.2, 0) is 6.42 Å². The summed E-state index contributed by atoms with van der Waals surface area (Å²) in [6.45, 7) is 7.79. The number of rotatable bonds is 10. The maximum absolute atomic E-state index is 12.4. The van der Waals surface area contributed by atoms with Crippen molar-refractivity contribution >= 4 is 11.9 Å². The molecule has 2 rings (SSSR count). The molecule has 2 aromatic carbocycles. The van der Waals surface area contributed by atoms with E-state index in [1.54, 1.807) is 56.7 Å². The van der Waals surface area contributed by atoms with Crippen LogP contribution in [0.5, 0.6) is 17.2 Å². The van der Waals surface area contributed by atoms with Crippen LogP contribution in [0.25, 0.3) is 6.08 Å². The second-order valence-electron chi connectivity index (χ2n) is 5.72. The molecule has 0 unspecified atom stereocenters. The van der Waals surface area contributed by atoms with Crippen molar-refractivity contribution in [2.45, 2.75) is 6.42 Å². The molecule has 0 amide bonds. The number of hydrogen-bond acceptors (Lipinski definition) is 4. The van der Waals surface area contributed by atoms with E-state index in [4.69, 9.17) is 14.2 Å². The van der Waals surface area contributed by atoms with Gasteiger partial charge in [-0.2, -0.15) is 0 Å². The Balaban J connectivity index is 2.20. The molecular weight excluding hydrogens is 340 g/mol. The Kier molecular flexibility index (Phi) is 7.44. The fraction of sp³-hybridized carbons (Fsp3) is 0.174. The number of ketones is 1. The molecule has 0 atom stereocenters. The second kappa shape index (κ2) is 10.0. The van der Waals surface area contributed by atoms with Crippen molar-refractivity contribution in [2.75, 3.05) is 20.8 Å². The third kappa shape index (κ3) is 5.35. The van der Waals surface area contributed by atoms with Crippen LogP contribution in [0.3, 0.4) is 0 Å². The van der Waals surface area contributed by atoms with Crippen molar-refractivity contribution < 1.29 is 19.0 Å². The lowest BCUT2D eigenvalue weighted by molar-refractivity contribution is 0.104. The van der Waals surface area contributed by atoms with Crippen molar-refractivity contribution in [3.8, 4) is 17.2 Å². The van der Waals surface area contributed by atoms with Crippen molar-refractivity contribution in [1.82, 2.24) is 0 Å². The molecule has 0 aliphatic carbocycles. The minimum absolute atomic E-state index is 0.0987. The molecule has 0 N–H and O–H groups in total. The Bertz CT molecular complexity index is 807. The van der Waals surface area contributed by atoms with Gasteiger partial charge < -0.3 is 14.2 Å². The molecule has 0 saturated carbocycles. The first-order chi connectivity index (χ1) is 13.1. The van der Waals surface area contributed by atoms with Gasteiger partial charge in [0.1, 0.15) is 23.9 Å². The van der Waals surface area contributed by atoms with Gasteiger partial charge in [0.2, 0.25) is 0 Å². The van der Waals surface area contributed by atoms with Crippen LogP contribution in [0.1, 0.15) is 21.5 Å². The van der Waals surface area contributed by atoms with Gasteiger partial charge in [0.05, 0.1) is 14.2 Å². The lowest BCUT2D eigenvalue weighted by atomic mass is 10.0. The molecule has 4 heteroatoms. The van der Waals surface area contributed by atoms with E-state index in [0.29, 0.717) is 35.8 Å². The van der Waals surface area contributed by atoms with Crippen LogP contribution in [0.2, 0.25) is 0 Å². The van der Waals surface area contributed by atoms with Crippen LogP contribution in [0.4, 0.5) is 0 Å². The molecule has 140 valence electrons. The Morgan fingerprint density at radius 2 is 1.63 bits per heavy atom. The molecule has 2 aromatic rings. The van der Waals surface area contributed by atoms with Crippen molar-refractivity contribution in [3.63, 3.8) is 0 Å². The van der Waals surface area contributed by atoms with E-state index >= 15 is 0 Å². The lowest BCUT2D eigenvalue weighted by Gasteiger charge is -2.13. The minimum Gasteiger partial charge on any atom is -0.496 e. The quantitative estimate of drug-likeness (QED) is 0.342. The van der Waals surface area contributed by atoms with Gasteiger partial charge in [-0.25, -0.2) is 0 Å². The first kappa shape index (κ1) is 20.0. The van der Waals surface area contributed by atoms with E-state index in [1.807, 2.05) is 12.1 Å². The Hall–Kier alpha value is -3.27. The highest BCUT2D eigenvalue weighted by molar-refractivity contribution is 6.06. The topological polar surface area (TPSA) is 44.8 Å². The molecule has 0 aliphatic rings. The predicted octanol–water partition coefficient (Wildman–Crippen LogP) is 4.89. The smallest absolute Gasteiger partial charge is 0.185 e. The molecule has 0 heterocycles. The SMILES string of the molecule is C=CCOc1ccc(C(=O)C=Cc2cc(OC)c(CC=C)c(OC)c2)cc1. The van der Waals surface area contributed by atoms with Gasteiger partial charge in [-0.3, -0.25) is 4.79 Å². The van der Waals surface area contributed by atoms with Crippen molar-refractivity contribution in [1.29, 1.82) is 0 Å². The standard InChI is InChI=1S/C23H24O4/c1-5-7-20-22(25-3)15-17(16-23(20)26-4)8-13-21(24)18-9-11-19(12-10-18)27-14-6-2/h5-6,8-13,15-16H,1-2,7,14H2,3-4H3. The van der Waals surface area contributed by atoms with Crippen molar-refractivity contribution in [3.05, 3.63) is 84.5 Å². The third-order valence-electron chi connectivity index (χ3n) is 3.91. The van der Waals surface area contributed by atoms with Gasteiger partial charge >= 0.3 is 0 Å². The largest absolute Gasteiger partial charge is 0.496 e. The first-order valence-corrected chi connectivity index (χ1v) is 8.54. The number of carbonyl (C=O) groups is 1.